The fraction of sp³-hybridized carbons (Fsp3) is 0.727. The van der Waals surface area contributed by atoms with Gasteiger partial charge in [0.1, 0.15) is 5.82 Å². The van der Waals surface area contributed by atoms with E-state index in [2.05, 4.69) is 37.9 Å². The minimum Gasteiger partial charge on any atom is -0.382 e. The number of nitrogens with two attached hydrogens (primary N) is 1. The van der Waals surface area contributed by atoms with E-state index < -0.39 is 0 Å². The quantitative estimate of drug-likeness (QED) is 0.779. The number of hydrogen-bond acceptors (Lipinski definition) is 2. The van der Waals surface area contributed by atoms with Gasteiger partial charge in [-0.3, -0.25) is 5.10 Å². The molecule has 0 radical (unpaired) electrons. The Morgan fingerprint density at radius 2 is 2.14 bits per heavy atom. The van der Waals surface area contributed by atoms with Gasteiger partial charge < -0.3 is 5.73 Å². The molecule has 80 valence electrons. The Morgan fingerprint density at radius 1 is 1.50 bits per heavy atom. The van der Waals surface area contributed by atoms with Crippen LogP contribution in [0, 0.1) is 11.3 Å². The third-order valence-corrected chi connectivity index (χ3v) is 2.83. The molecule has 3 heteroatoms. The van der Waals surface area contributed by atoms with Crippen LogP contribution < -0.4 is 5.73 Å². The molecule has 1 atom stereocenters. The van der Waals surface area contributed by atoms with E-state index in [0.717, 1.165) is 12.1 Å². The van der Waals surface area contributed by atoms with Crippen molar-refractivity contribution in [2.24, 2.45) is 11.3 Å². The highest BCUT2D eigenvalue weighted by molar-refractivity contribution is 5.28. The summed E-state index contributed by atoms with van der Waals surface area (Å²) in [6.07, 6.45) is 2.21. The molecular formula is C11H21N3. The fourth-order valence-electron chi connectivity index (χ4n) is 1.81. The van der Waals surface area contributed by atoms with Gasteiger partial charge in [-0.1, -0.05) is 34.1 Å². The minimum absolute atomic E-state index is 0.342. The third kappa shape index (κ3) is 2.76. The number of aromatic amines is 1. The van der Waals surface area contributed by atoms with Crippen LogP contribution in [0.25, 0.3) is 0 Å². The van der Waals surface area contributed by atoms with Crippen molar-refractivity contribution in [2.75, 3.05) is 5.73 Å². The normalized spacial score (nSPS) is 14.3. The first-order valence-electron chi connectivity index (χ1n) is 5.23. The first-order valence-corrected chi connectivity index (χ1v) is 5.23. The molecule has 0 aromatic carbocycles. The predicted molar refractivity (Wildman–Crippen MR) is 59.9 cm³/mol. The zero-order chi connectivity index (χ0) is 10.8. The molecule has 0 aliphatic heterocycles. The van der Waals surface area contributed by atoms with Crippen molar-refractivity contribution in [1.29, 1.82) is 0 Å². The van der Waals surface area contributed by atoms with Gasteiger partial charge in [-0.2, -0.15) is 5.10 Å². The van der Waals surface area contributed by atoms with Crippen LogP contribution in [-0.2, 0) is 6.42 Å². The molecule has 0 fully saturated rings. The highest BCUT2D eigenvalue weighted by Crippen LogP contribution is 2.31. The van der Waals surface area contributed by atoms with Crippen molar-refractivity contribution in [1.82, 2.24) is 10.2 Å². The van der Waals surface area contributed by atoms with Crippen LogP contribution in [0.15, 0.2) is 6.07 Å². The van der Waals surface area contributed by atoms with Gasteiger partial charge in [0.2, 0.25) is 0 Å². The van der Waals surface area contributed by atoms with Crippen LogP contribution in [0.2, 0.25) is 0 Å². The molecule has 1 heterocycles. The first kappa shape index (κ1) is 11.1. The van der Waals surface area contributed by atoms with Crippen LogP contribution in [0.1, 0.15) is 39.8 Å². The lowest BCUT2D eigenvalue weighted by atomic mass is 9.76. The van der Waals surface area contributed by atoms with Gasteiger partial charge >= 0.3 is 0 Å². The van der Waals surface area contributed by atoms with Gasteiger partial charge in [0.25, 0.3) is 0 Å². The van der Waals surface area contributed by atoms with E-state index in [-0.39, 0.29) is 0 Å². The SMILES string of the molecule is CCC(Cc1cc(N)n[nH]1)C(C)(C)C. The molecule has 3 N–H and O–H groups in total. The van der Waals surface area contributed by atoms with Crippen molar-refractivity contribution < 1.29 is 0 Å². The largest absolute Gasteiger partial charge is 0.382 e. The summed E-state index contributed by atoms with van der Waals surface area (Å²) >= 11 is 0. The number of anilines is 1. The van der Waals surface area contributed by atoms with Gasteiger partial charge in [0.15, 0.2) is 0 Å². The van der Waals surface area contributed by atoms with Gasteiger partial charge in [-0.15, -0.1) is 0 Å². The number of nitrogen functional groups attached to an aromatic ring is 1. The lowest BCUT2D eigenvalue weighted by Crippen LogP contribution is -2.22. The Bertz CT molecular complexity index is 283. The maximum absolute atomic E-state index is 5.56. The fourth-order valence-corrected chi connectivity index (χ4v) is 1.81. The maximum atomic E-state index is 5.56. The smallest absolute Gasteiger partial charge is 0.145 e. The average Bonchev–Trinajstić information content (AvgIpc) is 2.45. The highest BCUT2D eigenvalue weighted by Gasteiger charge is 2.23. The van der Waals surface area contributed by atoms with E-state index in [4.69, 9.17) is 5.73 Å². The second kappa shape index (κ2) is 4.03. The third-order valence-electron chi connectivity index (χ3n) is 2.83. The number of nitrogens with zero attached hydrogens (tertiary/aromatic N) is 1. The number of aromatic nitrogens is 2. The van der Waals surface area contributed by atoms with Gasteiger partial charge in [0, 0.05) is 11.8 Å². The number of H-pyrrole nitrogens is 1. The van der Waals surface area contributed by atoms with E-state index in [0.29, 0.717) is 17.2 Å². The molecule has 0 aliphatic carbocycles. The maximum Gasteiger partial charge on any atom is 0.145 e. The van der Waals surface area contributed by atoms with E-state index in [9.17, 15) is 0 Å². The van der Waals surface area contributed by atoms with Crippen LogP contribution in [0.4, 0.5) is 5.82 Å². The summed E-state index contributed by atoms with van der Waals surface area (Å²) in [5, 5.41) is 6.91. The molecule has 0 saturated carbocycles. The standard InChI is InChI=1S/C11H21N3/c1-5-8(11(2,3)4)6-9-7-10(12)14-13-9/h7-8H,5-6H2,1-4H3,(H3,12,13,14). The first-order chi connectivity index (χ1) is 6.43. The van der Waals surface area contributed by atoms with Crippen molar-refractivity contribution >= 4 is 5.82 Å². The Morgan fingerprint density at radius 3 is 2.50 bits per heavy atom. The molecule has 1 aromatic heterocycles. The molecule has 0 amide bonds. The van der Waals surface area contributed by atoms with Crippen molar-refractivity contribution in [2.45, 2.75) is 40.5 Å². The summed E-state index contributed by atoms with van der Waals surface area (Å²) in [5.41, 5.74) is 7.05. The van der Waals surface area contributed by atoms with Gasteiger partial charge in [0.05, 0.1) is 0 Å². The van der Waals surface area contributed by atoms with E-state index >= 15 is 0 Å². The van der Waals surface area contributed by atoms with E-state index in [1.165, 1.54) is 6.42 Å². The monoisotopic (exact) mass is 195 g/mol. The van der Waals surface area contributed by atoms with Crippen LogP contribution in [0.5, 0.6) is 0 Å². The summed E-state index contributed by atoms with van der Waals surface area (Å²) in [6.45, 7) is 9.07. The number of rotatable bonds is 3. The van der Waals surface area contributed by atoms with Crippen molar-refractivity contribution in [3.8, 4) is 0 Å². The Kier molecular flexibility index (Phi) is 3.19. The van der Waals surface area contributed by atoms with Crippen LogP contribution in [-0.4, -0.2) is 10.2 Å². The topological polar surface area (TPSA) is 54.7 Å². The molecule has 1 unspecified atom stereocenters. The summed E-state index contributed by atoms with van der Waals surface area (Å²) in [7, 11) is 0. The minimum atomic E-state index is 0.342. The van der Waals surface area contributed by atoms with Crippen molar-refractivity contribution in [3.63, 3.8) is 0 Å². The molecule has 3 nitrogen and oxygen atoms in total. The van der Waals surface area contributed by atoms with Crippen LogP contribution in [0.3, 0.4) is 0 Å². The second-order valence-electron chi connectivity index (χ2n) is 4.99. The molecule has 0 spiro atoms. The Hall–Kier alpha value is -0.990. The summed E-state index contributed by atoms with van der Waals surface area (Å²) in [4.78, 5) is 0. The summed E-state index contributed by atoms with van der Waals surface area (Å²) in [5.74, 6) is 1.26. The van der Waals surface area contributed by atoms with Crippen LogP contribution >= 0.6 is 0 Å². The lowest BCUT2D eigenvalue weighted by molar-refractivity contribution is 0.230. The van der Waals surface area contributed by atoms with Gasteiger partial charge in [-0.05, 0) is 17.8 Å². The molecule has 1 aromatic rings. The van der Waals surface area contributed by atoms with E-state index in [1.54, 1.807) is 0 Å². The molecule has 14 heavy (non-hydrogen) atoms. The molecule has 0 aliphatic rings. The highest BCUT2D eigenvalue weighted by atomic mass is 15.1. The van der Waals surface area contributed by atoms with Crippen molar-refractivity contribution in [3.05, 3.63) is 11.8 Å². The average molecular weight is 195 g/mol. The summed E-state index contributed by atoms with van der Waals surface area (Å²) < 4.78 is 0. The number of hydrogen-bond donors (Lipinski definition) is 2. The number of nitrogens with one attached hydrogen (secondary N) is 1. The van der Waals surface area contributed by atoms with Gasteiger partial charge in [-0.25, -0.2) is 0 Å². The lowest BCUT2D eigenvalue weighted by Gasteiger charge is -2.29. The zero-order valence-electron chi connectivity index (χ0n) is 9.59. The summed E-state index contributed by atoms with van der Waals surface area (Å²) in [6, 6.07) is 1.92. The second-order valence-corrected chi connectivity index (χ2v) is 4.99. The Balaban J connectivity index is 2.66. The Labute approximate surface area is 86.1 Å². The molecule has 0 bridgehead atoms. The molecule has 0 saturated heterocycles. The predicted octanol–water partition coefficient (Wildman–Crippen LogP) is 2.61. The van der Waals surface area contributed by atoms with E-state index in [1.807, 2.05) is 6.07 Å². The zero-order valence-corrected chi connectivity index (χ0v) is 9.59. The molecule has 1 rings (SSSR count). The molecular weight excluding hydrogens is 174 g/mol.